The Morgan fingerprint density at radius 1 is 0.975 bits per heavy atom. The van der Waals surface area contributed by atoms with Gasteiger partial charge in [-0.15, -0.1) is 0 Å². The molecule has 0 spiro atoms. The number of halogens is 1. The zero-order chi connectivity index (χ0) is 28.9. The number of amides is 1. The number of ether oxygens (including phenoxy) is 1. The van der Waals surface area contributed by atoms with Crippen LogP contribution in [0.1, 0.15) is 18.4 Å². The average molecular weight is 562 g/mol. The van der Waals surface area contributed by atoms with Crippen molar-refractivity contribution in [3.05, 3.63) is 96.4 Å². The second kappa shape index (κ2) is 12.0. The van der Waals surface area contributed by atoms with E-state index in [0.29, 0.717) is 22.9 Å². The number of anilines is 2. The number of nitrogens with zero attached hydrogens (tertiary/aromatic N) is 2. The Morgan fingerprint density at radius 2 is 1.65 bits per heavy atom. The van der Waals surface area contributed by atoms with E-state index in [2.05, 4.69) is 20.6 Å². The molecule has 1 heterocycles. The van der Waals surface area contributed by atoms with Gasteiger partial charge in [-0.3, -0.25) is 4.79 Å². The maximum absolute atomic E-state index is 13.2. The van der Waals surface area contributed by atoms with E-state index in [1.807, 2.05) is 18.2 Å². The summed E-state index contributed by atoms with van der Waals surface area (Å²) in [5.41, 5.74) is 9.56. The van der Waals surface area contributed by atoms with Gasteiger partial charge < -0.3 is 21.1 Å². The molecule has 1 amide bonds. The molecule has 0 bridgehead atoms. The normalized spacial score (nSPS) is 12.4. The minimum Gasteiger partial charge on any atom is -0.495 e. The van der Waals surface area contributed by atoms with Gasteiger partial charge in [0.15, 0.2) is 21.6 Å². The van der Waals surface area contributed by atoms with E-state index >= 15 is 0 Å². The summed E-state index contributed by atoms with van der Waals surface area (Å²) in [5.74, 6) is -0.277. The molecule has 40 heavy (non-hydrogen) atoms. The number of carbonyl (C=O) groups is 1. The van der Waals surface area contributed by atoms with Gasteiger partial charge in [0.05, 0.1) is 23.6 Å². The lowest BCUT2D eigenvalue weighted by Gasteiger charge is -2.13. The number of pyridine rings is 1. The highest BCUT2D eigenvalue weighted by atomic mass is 32.2. The molecular weight excluding hydrogens is 533 g/mol. The highest BCUT2D eigenvalue weighted by Gasteiger charge is 2.16. The van der Waals surface area contributed by atoms with Crippen LogP contribution >= 0.6 is 0 Å². The van der Waals surface area contributed by atoms with Gasteiger partial charge in [-0.2, -0.15) is 4.99 Å². The third kappa shape index (κ3) is 7.00. The Balaban J connectivity index is 1.40. The van der Waals surface area contributed by atoms with Crippen LogP contribution < -0.4 is 21.1 Å². The fourth-order valence-corrected chi connectivity index (χ4v) is 4.45. The third-order valence-electron chi connectivity index (χ3n) is 6.10. The summed E-state index contributed by atoms with van der Waals surface area (Å²) in [7, 11) is -1.96. The van der Waals surface area contributed by atoms with Gasteiger partial charge in [0.2, 0.25) is 5.91 Å². The van der Waals surface area contributed by atoms with Gasteiger partial charge in [-0.25, -0.2) is 17.8 Å². The summed E-state index contributed by atoms with van der Waals surface area (Å²) in [6.07, 6.45) is 2.77. The van der Waals surface area contributed by atoms with E-state index in [0.717, 1.165) is 22.9 Å². The molecule has 4 rings (SSSR count). The molecule has 3 aromatic carbocycles. The van der Waals surface area contributed by atoms with E-state index in [-0.39, 0.29) is 22.6 Å². The number of hydrogen-bond acceptors (Lipinski definition) is 6. The lowest BCUT2D eigenvalue weighted by atomic mass is 10.00. The number of hydrogen-bond donors (Lipinski definition) is 3. The van der Waals surface area contributed by atoms with Crippen molar-refractivity contribution in [2.45, 2.75) is 17.7 Å². The van der Waals surface area contributed by atoms with Crippen molar-refractivity contribution < 1.29 is 22.3 Å². The first-order chi connectivity index (χ1) is 19.0. The van der Waals surface area contributed by atoms with Gasteiger partial charge in [0.1, 0.15) is 11.6 Å². The highest BCUT2D eigenvalue weighted by Crippen LogP contribution is 2.28. The number of carbonyl (C=O) groups excluding carboxylic acids is 1. The van der Waals surface area contributed by atoms with Gasteiger partial charge in [-0.1, -0.05) is 24.3 Å². The number of aromatic nitrogens is 1. The van der Waals surface area contributed by atoms with E-state index in [4.69, 9.17) is 10.5 Å². The first kappa shape index (κ1) is 28.2. The first-order valence-electron chi connectivity index (χ1n) is 12.2. The number of aliphatic imine (C=N–C) groups is 1. The average Bonchev–Trinajstić information content (AvgIpc) is 2.93. The number of rotatable bonds is 8. The Hall–Kier alpha value is -4.77. The van der Waals surface area contributed by atoms with Crippen molar-refractivity contribution in [1.82, 2.24) is 4.98 Å². The zero-order valence-corrected chi connectivity index (χ0v) is 22.9. The van der Waals surface area contributed by atoms with Crippen LogP contribution in [0.5, 0.6) is 5.75 Å². The predicted octanol–water partition coefficient (Wildman–Crippen LogP) is 5.10. The number of guanidine groups is 1. The number of nitrogens with one attached hydrogen (secondary N) is 2. The van der Waals surface area contributed by atoms with Crippen molar-refractivity contribution in [2.75, 3.05) is 24.0 Å². The monoisotopic (exact) mass is 561 g/mol. The minimum atomic E-state index is -3.39. The summed E-state index contributed by atoms with van der Waals surface area (Å²) in [6, 6.07) is 21.1. The van der Waals surface area contributed by atoms with Crippen LogP contribution in [0.2, 0.25) is 0 Å². The molecular formula is C29H28FN5O4S. The second-order valence-corrected chi connectivity index (χ2v) is 11.0. The molecule has 0 aliphatic carbocycles. The Morgan fingerprint density at radius 3 is 2.25 bits per heavy atom. The summed E-state index contributed by atoms with van der Waals surface area (Å²) in [5, 5.41) is 5.77. The molecule has 4 N–H and O–H groups in total. The van der Waals surface area contributed by atoms with Gasteiger partial charge in [-0.05, 0) is 66.6 Å². The largest absolute Gasteiger partial charge is 0.495 e. The lowest BCUT2D eigenvalue weighted by molar-refractivity contribution is -0.117. The van der Waals surface area contributed by atoms with E-state index < -0.39 is 15.8 Å². The molecule has 11 heteroatoms. The summed E-state index contributed by atoms with van der Waals surface area (Å²) in [6.45, 7) is 1.76. The summed E-state index contributed by atoms with van der Waals surface area (Å²) in [4.78, 5) is 21.3. The molecule has 9 nitrogen and oxygen atoms in total. The number of methoxy groups -OCH3 is 1. The maximum atomic E-state index is 13.2. The molecule has 1 aromatic heterocycles. The zero-order valence-electron chi connectivity index (χ0n) is 22.1. The highest BCUT2D eigenvalue weighted by molar-refractivity contribution is 7.90. The van der Waals surface area contributed by atoms with Crippen LogP contribution in [0.3, 0.4) is 0 Å². The minimum absolute atomic E-state index is 0.0422. The van der Waals surface area contributed by atoms with Crippen LogP contribution in [-0.2, 0) is 14.6 Å². The maximum Gasteiger partial charge on any atom is 0.231 e. The SMILES string of the molecule is COc1cc(S(C)(=O)=O)ccc1NC(N)=Nc1ccc(-c2ccc(NC(=O)C(C)c3ccc(F)cc3)cc2)cn1. The molecule has 1 atom stereocenters. The summed E-state index contributed by atoms with van der Waals surface area (Å²) >= 11 is 0. The van der Waals surface area contributed by atoms with Crippen LogP contribution in [0, 0.1) is 5.82 Å². The van der Waals surface area contributed by atoms with Crippen molar-refractivity contribution in [3.63, 3.8) is 0 Å². The van der Waals surface area contributed by atoms with Crippen LogP contribution in [-0.4, -0.2) is 38.6 Å². The Kier molecular flexibility index (Phi) is 8.44. The van der Waals surface area contributed by atoms with Crippen LogP contribution in [0.4, 0.5) is 21.6 Å². The molecule has 0 radical (unpaired) electrons. The first-order valence-corrected chi connectivity index (χ1v) is 14.0. The predicted molar refractivity (Wildman–Crippen MR) is 154 cm³/mol. The third-order valence-corrected chi connectivity index (χ3v) is 7.21. The number of benzene rings is 3. The van der Waals surface area contributed by atoms with Crippen molar-refractivity contribution in [1.29, 1.82) is 0 Å². The van der Waals surface area contributed by atoms with Crippen LogP contribution in [0.15, 0.2) is 94.9 Å². The van der Waals surface area contributed by atoms with Crippen LogP contribution in [0.25, 0.3) is 11.1 Å². The molecule has 0 aliphatic heterocycles. The summed E-state index contributed by atoms with van der Waals surface area (Å²) < 4.78 is 42.0. The van der Waals surface area contributed by atoms with E-state index in [9.17, 15) is 17.6 Å². The van der Waals surface area contributed by atoms with Gasteiger partial charge >= 0.3 is 0 Å². The van der Waals surface area contributed by atoms with Crippen molar-refractivity contribution >= 4 is 38.9 Å². The quantitative estimate of drug-likeness (QED) is 0.201. The molecule has 4 aromatic rings. The fraction of sp³-hybridized carbons (Fsp3) is 0.138. The molecule has 1 unspecified atom stereocenters. The van der Waals surface area contributed by atoms with Gasteiger partial charge in [0.25, 0.3) is 0 Å². The van der Waals surface area contributed by atoms with Crippen molar-refractivity contribution in [2.24, 2.45) is 10.7 Å². The Labute approximate surface area is 231 Å². The van der Waals surface area contributed by atoms with Crippen molar-refractivity contribution in [3.8, 4) is 16.9 Å². The fourth-order valence-electron chi connectivity index (χ4n) is 3.82. The lowest BCUT2D eigenvalue weighted by Crippen LogP contribution is -2.22. The number of nitrogens with two attached hydrogens (primary N) is 1. The topological polar surface area (TPSA) is 136 Å². The molecule has 206 valence electrons. The molecule has 0 saturated heterocycles. The second-order valence-electron chi connectivity index (χ2n) is 9.00. The molecule has 0 saturated carbocycles. The standard InChI is InChI=1S/C29H28FN5O4S/c1-18(19-4-9-22(30)10-5-19)28(36)33-23-11-6-20(7-12-23)21-8-15-27(32-17-21)35-29(31)34-25-14-13-24(40(3,37)38)16-26(25)39-2/h4-18H,1-3H3,(H,33,36)(H3,31,32,34,35). The molecule has 0 fully saturated rings. The number of sulfone groups is 1. The van der Waals surface area contributed by atoms with E-state index in [1.165, 1.54) is 31.4 Å². The molecule has 0 aliphatic rings. The van der Waals surface area contributed by atoms with E-state index in [1.54, 1.807) is 49.5 Å². The van der Waals surface area contributed by atoms with Gasteiger partial charge in [0, 0.05) is 29.8 Å². The smallest absolute Gasteiger partial charge is 0.231 e. The Bertz CT molecular complexity index is 1640.